The highest BCUT2D eigenvalue weighted by atomic mass is 32.2. The summed E-state index contributed by atoms with van der Waals surface area (Å²) in [5.74, 6) is -1.02. The normalized spacial score (nSPS) is 24.0. The summed E-state index contributed by atoms with van der Waals surface area (Å²) in [7, 11) is -2.28. The number of hydrogen-bond acceptors (Lipinski definition) is 10. The van der Waals surface area contributed by atoms with Crippen LogP contribution in [0, 0.1) is 5.92 Å². The van der Waals surface area contributed by atoms with Crippen molar-refractivity contribution >= 4 is 38.7 Å². The van der Waals surface area contributed by atoms with Crippen LogP contribution in [0.4, 0.5) is 4.79 Å². The number of pyridine rings is 1. The van der Waals surface area contributed by atoms with Crippen molar-refractivity contribution in [2.45, 2.75) is 75.0 Å². The molecular formula is C33H38N4O9S. The monoisotopic (exact) mass is 666 g/mol. The van der Waals surface area contributed by atoms with Gasteiger partial charge in [0.2, 0.25) is 21.8 Å². The average molecular weight is 667 g/mol. The highest BCUT2D eigenvalue weighted by molar-refractivity contribution is 7.91. The second-order valence-corrected chi connectivity index (χ2v) is 15.2. The Balaban J connectivity index is 1.28. The number of carbonyl (C=O) groups excluding carboxylic acids is 3. The van der Waals surface area contributed by atoms with Gasteiger partial charge in [-0.15, -0.1) is 6.58 Å². The maximum Gasteiger partial charge on any atom is 0.411 e. The molecule has 4 atom stereocenters. The number of nitrogens with zero attached hydrogens (tertiary/aromatic N) is 2. The Bertz CT molecular complexity index is 1830. The maximum atomic E-state index is 13.9. The molecule has 1 aromatic carbocycles. The smallest absolute Gasteiger partial charge is 0.411 e. The van der Waals surface area contributed by atoms with Crippen molar-refractivity contribution in [3.05, 3.63) is 55.5 Å². The Labute approximate surface area is 272 Å². The lowest BCUT2D eigenvalue weighted by Crippen LogP contribution is -2.56. The highest BCUT2D eigenvalue weighted by Gasteiger charge is 2.62. The molecule has 2 N–H and O–H groups in total. The van der Waals surface area contributed by atoms with Crippen molar-refractivity contribution in [2.75, 3.05) is 13.7 Å². The molecule has 3 aromatic rings. The Hall–Kier alpha value is -4.59. The predicted octanol–water partition coefficient (Wildman–Crippen LogP) is 3.93. The minimum atomic E-state index is -3.86. The fourth-order valence-corrected chi connectivity index (χ4v) is 7.17. The van der Waals surface area contributed by atoms with Gasteiger partial charge in [-0.25, -0.2) is 18.2 Å². The summed E-state index contributed by atoms with van der Waals surface area (Å²) >= 11 is 0. The minimum Gasteiger partial charge on any atom is -0.497 e. The van der Waals surface area contributed by atoms with Gasteiger partial charge >= 0.3 is 6.09 Å². The first-order chi connectivity index (χ1) is 22.2. The van der Waals surface area contributed by atoms with Crippen LogP contribution in [0.3, 0.4) is 0 Å². The topological polar surface area (TPSA) is 166 Å². The van der Waals surface area contributed by atoms with E-state index in [1.54, 1.807) is 46.3 Å². The van der Waals surface area contributed by atoms with Gasteiger partial charge in [0.15, 0.2) is 0 Å². The number of nitrogens with one attached hydrogen (secondary N) is 2. The van der Waals surface area contributed by atoms with E-state index >= 15 is 0 Å². The van der Waals surface area contributed by atoms with Crippen LogP contribution >= 0.6 is 0 Å². The van der Waals surface area contributed by atoms with Gasteiger partial charge < -0.3 is 23.9 Å². The van der Waals surface area contributed by atoms with Crippen LogP contribution in [0.1, 0.15) is 46.5 Å². The molecule has 0 bridgehead atoms. The first-order valence-corrected chi connectivity index (χ1v) is 17.0. The van der Waals surface area contributed by atoms with Crippen LogP contribution in [0.25, 0.3) is 22.0 Å². The van der Waals surface area contributed by atoms with Crippen LogP contribution in [-0.2, 0) is 24.3 Å². The summed E-state index contributed by atoms with van der Waals surface area (Å²) in [6.07, 6.45) is 4.37. The fraction of sp³-hybridized carbons (Fsp3) is 0.455. The van der Waals surface area contributed by atoms with Crippen LogP contribution < -0.4 is 19.5 Å². The van der Waals surface area contributed by atoms with Crippen LogP contribution in [0.2, 0.25) is 0 Å². The number of likely N-dealkylation sites (tertiary alicyclic amines) is 1. The molecule has 14 heteroatoms. The van der Waals surface area contributed by atoms with Crippen LogP contribution in [0.15, 0.2) is 59.9 Å². The number of sulfonamides is 1. The molecule has 0 radical (unpaired) electrons. The summed E-state index contributed by atoms with van der Waals surface area (Å²) in [5, 5.41) is 3.63. The second kappa shape index (κ2) is 11.9. The number of hydrogen-bond donors (Lipinski definition) is 2. The molecule has 6 rings (SSSR count). The summed E-state index contributed by atoms with van der Waals surface area (Å²) in [4.78, 5) is 46.7. The number of fused-ring (bicyclic) bond motifs is 1. The first kappa shape index (κ1) is 32.4. The summed E-state index contributed by atoms with van der Waals surface area (Å²) < 4.78 is 50.0. The molecule has 13 nitrogen and oxygen atoms in total. The van der Waals surface area contributed by atoms with Crippen molar-refractivity contribution < 1.29 is 41.4 Å². The molecule has 2 aromatic heterocycles. The molecule has 4 unspecified atom stereocenters. The summed E-state index contributed by atoms with van der Waals surface area (Å²) in [6, 6.07) is 8.02. The lowest BCUT2D eigenvalue weighted by molar-refractivity contribution is -0.131. The average Bonchev–Trinajstić information content (AvgIpc) is 3.88. The molecule has 3 aliphatic rings. The molecule has 2 saturated carbocycles. The van der Waals surface area contributed by atoms with Gasteiger partial charge in [-0.3, -0.25) is 19.2 Å². The number of rotatable bonds is 10. The molecule has 3 amide bonds. The third-order valence-electron chi connectivity index (χ3n) is 8.54. The minimum absolute atomic E-state index is 0.0115. The van der Waals surface area contributed by atoms with E-state index in [1.807, 2.05) is 18.2 Å². The van der Waals surface area contributed by atoms with Crippen molar-refractivity contribution in [3.63, 3.8) is 0 Å². The quantitative estimate of drug-likeness (QED) is 0.303. The Morgan fingerprint density at radius 2 is 1.94 bits per heavy atom. The highest BCUT2D eigenvalue weighted by Crippen LogP contribution is 2.45. The summed E-state index contributed by atoms with van der Waals surface area (Å²) in [6.45, 7) is 8.88. The van der Waals surface area contributed by atoms with Crippen molar-refractivity contribution in [2.24, 2.45) is 5.92 Å². The Morgan fingerprint density at radius 3 is 2.55 bits per heavy atom. The third-order valence-corrected chi connectivity index (χ3v) is 10.4. The zero-order valence-corrected chi connectivity index (χ0v) is 27.5. The standard InChI is InChI=1S/C33H38N4O9S/c1-6-21-16-33(21,30(39)36-47(41,42)24-8-9-24)35-28(38)27-15-23(17-37(27)31(40)46-32(2,3)4)45-29-25-10-7-22(43-5)13-20(25)14-26(34-29)19-11-12-44-18-19/h6-7,10-14,18,21,23-24,27H,1,8-9,15-17H2,2-5H3,(H,35,38)(H,36,39). The van der Waals surface area contributed by atoms with E-state index in [0.29, 0.717) is 29.7 Å². The van der Waals surface area contributed by atoms with E-state index in [1.165, 1.54) is 17.2 Å². The Kier molecular flexibility index (Phi) is 8.19. The van der Waals surface area contributed by atoms with E-state index in [9.17, 15) is 22.8 Å². The van der Waals surface area contributed by atoms with E-state index in [2.05, 4.69) is 16.6 Å². The van der Waals surface area contributed by atoms with Crippen LogP contribution in [0.5, 0.6) is 11.6 Å². The predicted molar refractivity (Wildman–Crippen MR) is 171 cm³/mol. The largest absolute Gasteiger partial charge is 0.497 e. The molecular weight excluding hydrogens is 628 g/mol. The maximum absolute atomic E-state index is 13.9. The number of ether oxygens (including phenoxy) is 3. The van der Waals surface area contributed by atoms with E-state index in [0.717, 1.165) is 10.9 Å². The van der Waals surface area contributed by atoms with Gasteiger partial charge in [-0.1, -0.05) is 6.08 Å². The van der Waals surface area contributed by atoms with Crippen molar-refractivity contribution in [1.82, 2.24) is 19.9 Å². The SMILES string of the molecule is C=CC1CC1(NC(=O)C1CC(Oc2nc(-c3ccoc3)cc3cc(OC)ccc23)CN1C(=O)OC(C)(C)C)C(=O)NS(=O)(=O)C1CC1. The van der Waals surface area contributed by atoms with Crippen molar-refractivity contribution in [3.8, 4) is 22.9 Å². The number of benzene rings is 1. The van der Waals surface area contributed by atoms with E-state index < -0.39 is 62.4 Å². The fourth-order valence-electron chi connectivity index (χ4n) is 5.81. The van der Waals surface area contributed by atoms with E-state index in [4.69, 9.17) is 23.6 Å². The van der Waals surface area contributed by atoms with Gasteiger partial charge in [-0.05, 0) is 75.8 Å². The number of carbonyl (C=O) groups is 3. The van der Waals surface area contributed by atoms with Gasteiger partial charge in [0, 0.05) is 23.3 Å². The lowest BCUT2D eigenvalue weighted by atomic mass is 10.1. The van der Waals surface area contributed by atoms with Gasteiger partial charge in [0.25, 0.3) is 5.91 Å². The molecule has 47 heavy (non-hydrogen) atoms. The van der Waals surface area contributed by atoms with Gasteiger partial charge in [0.05, 0.1) is 37.1 Å². The Morgan fingerprint density at radius 1 is 1.17 bits per heavy atom. The zero-order chi connectivity index (χ0) is 33.7. The molecule has 3 heterocycles. The molecule has 0 spiro atoms. The number of aromatic nitrogens is 1. The van der Waals surface area contributed by atoms with E-state index in [-0.39, 0.29) is 25.3 Å². The third kappa shape index (κ3) is 6.64. The number of furan rings is 1. The zero-order valence-electron chi connectivity index (χ0n) is 26.6. The molecule has 1 saturated heterocycles. The van der Waals surface area contributed by atoms with Gasteiger partial charge in [0.1, 0.15) is 29.0 Å². The van der Waals surface area contributed by atoms with Gasteiger partial charge in [-0.2, -0.15) is 0 Å². The molecule has 3 fully saturated rings. The van der Waals surface area contributed by atoms with Crippen molar-refractivity contribution in [1.29, 1.82) is 0 Å². The molecule has 2 aliphatic carbocycles. The second-order valence-electron chi connectivity index (χ2n) is 13.2. The number of amides is 3. The summed E-state index contributed by atoms with van der Waals surface area (Å²) in [5.41, 5.74) is -1.04. The molecule has 1 aliphatic heterocycles. The number of methoxy groups -OCH3 is 1. The van der Waals surface area contributed by atoms with Crippen LogP contribution in [-0.4, -0.2) is 78.4 Å². The lowest BCUT2D eigenvalue weighted by Gasteiger charge is -2.29. The first-order valence-electron chi connectivity index (χ1n) is 15.4. The molecule has 250 valence electrons.